The van der Waals surface area contributed by atoms with Gasteiger partial charge in [0.05, 0.1) is 44.6 Å². The van der Waals surface area contributed by atoms with E-state index in [4.69, 9.17) is 14.2 Å². The van der Waals surface area contributed by atoms with Crippen LogP contribution in [0.1, 0.15) is 41.6 Å². The fourth-order valence-electron chi connectivity index (χ4n) is 4.40. The molecule has 30 heavy (non-hydrogen) atoms. The fraction of sp³-hybridized carbons (Fsp3) is 0.500. The summed E-state index contributed by atoms with van der Waals surface area (Å²) < 4.78 is 42.1. The fourth-order valence-corrected chi connectivity index (χ4v) is 6.09. The molecule has 0 radical (unpaired) electrons. The number of aryl methyl sites for hydroxylation is 1. The lowest BCUT2D eigenvalue weighted by molar-refractivity contribution is -0.116. The first-order valence-electron chi connectivity index (χ1n) is 9.67. The highest BCUT2D eigenvalue weighted by molar-refractivity contribution is 7.91. The van der Waals surface area contributed by atoms with E-state index in [1.54, 1.807) is 32.1 Å². The summed E-state index contributed by atoms with van der Waals surface area (Å²) in [5, 5.41) is 7.53. The molecule has 0 unspecified atom stereocenters. The van der Waals surface area contributed by atoms with Gasteiger partial charge < -0.3 is 19.5 Å². The lowest BCUT2D eigenvalue weighted by Crippen LogP contribution is -2.26. The molecule has 2 aliphatic heterocycles. The zero-order valence-electron chi connectivity index (χ0n) is 17.4. The lowest BCUT2D eigenvalue weighted by atomic mass is 9.85. The number of nitrogens with one attached hydrogen (secondary N) is 1. The van der Waals surface area contributed by atoms with Crippen molar-refractivity contribution >= 4 is 21.6 Å². The van der Waals surface area contributed by atoms with Crippen molar-refractivity contribution in [2.24, 2.45) is 0 Å². The van der Waals surface area contributed by atoms with Gasteiger partial charge >= 0.3 is 0 Å². The number of hydrogen-bond acceptors (Lipinski definition) is 7. The van der Waals surface area contributed by atoms with Crippen molar-refractivity contribution in [2.75, 3.05) is 38.2 Å². The maximum atomic E-state index is 12.6. The zero-order chi connectivity index (χ0) is 21.6. The summed E-state index contributed by atoms with van der Waals surface area (Å²) >= 11 is 0. The number of anilines is 1. The SMILES string of the molecule is COc1cc(OC)c([C@H]2CC(=O)Nc3c2c(C)nn3[C@H]2CCS(=O)(=O)C2)cc1OC. The molecule has 0 spiro atoms. The van der Waals surface area contributed by atoms with E-state index in [0.29, 0.717) is 29.5 Å². The molecule has 1 amide bonds. The minimum absolute atomic E-state index is 0.0285. The summed E-state index contributed by atoms with van der Waals surface area (Å²) in [4.78, 5) is 12.6. The first kappa shape index (κ1) is 20.5. The minimum Gasteiger partial charge on any atom is -0.496 e. The van der Waals surface area contributed by atoms with Crippen LogP contribution in [0.3, 0.4) is 0 Å². The first-order chi connectivity index (χ1) is 14.3. The highest BCUT2D eigenvalue weighted by Crippen LogP contribution is 2.46. The number of rotatable bonds is 5. The molecule has 0 bridgehead atoms. The van der Waals surface area contributed by atoms with Gasteiger partial charge in [0.2, 0.25) is 5.91 Å². The topological polar surface area (TPSA) is 109 Å². The highest BCUT2D eigenvalue weighted by atomic mass is 32.2. The smallest absolute Gasteiger partial charge is 0.226 e. The van der Waals surface area contributed by atoms with Gasteiger partial charge in [-0.05, 0) is 19.4 Å². The van der Waals surface area contributed by atoms with Gasteiger partial charge in [-0.2, -0.15) is 5.10 Å². The predicted molar refractivity (Wildman–Crippen MR) is 110 cm³/mol. The number of hydrogen-bond donors (Lipinski definition) is 1. The third-order valence-electron chi connectivity index (χ3n) is 5.79. The Labute approximate surface area is 175 Å². The van der Waals surface area contributed by atoms with Crippen LogP contribution in [0.15, 0.2) is 12.1 Å². The van der Waals surface area contributed by atoms with Crippen molar-refractivity contribution in [3.8, 4) is 17.2 Å². The number of carbonyl (C=O) groups excluding carboxylic acids is 1. The Balaban J connectivity index is 1.85. The summed E-state index contributed by atoms with van der Waals surface area (Å²) in [6.45, 7) is 1.87. The number of ether oxygens (including phenoxy) is 3. The second kappa shape index (κ2) is 7.50. The third kappa shape index (κ3) is 3.38. The van der Waals surface area contributed by atoms with Crippen molar-refractivity contribution in [1.29, 1.82) is 0 Å². The Hall–Kier alpha value is -2.75. The molecule has 9 nitrogen and oxygen atoms in total. The second-order valence-electron chi connectivity index (χ2n) is 7.60. The summed E-state index contributed by atoms with van der Waals surface area (Å²) in [5.74, 6) is 1.89. The van der Waals surface area contributed by atoms with Gasteiger partial charge in [-0.1, -0.05) is 0 Å². The van der Waals surface area contributed by atoms with Gasteiger partial charge in [0.15, 0.2) is 21.3 Å². The van der Waals surface area contributed by atoms with Gasteiger partial charge in [-0.3, -0.25) is 4.79 Å². The van der Waals surface area contributed by atoms with Crippen LogP contribution in [0, 0.1) is 6.92 Å². The van der Waals surface area contributed by atoms with Crippen LogP contribution in [-0.4, -0.2) is 56.9 Å². The number of aromatic nitrogens is 2. The van der Waals surface area contributed by atoms with E-state index in [1.165, 1.54) is 0 Å². The summed E-state index contributed by atoms with van der Waals surface area (Å²) in [5.41, 5.74) is 2.40. The number of benzene rings is 1. The summed E-state index contributed by atoms with van der Waals surface area (Å²) in [6, 6.07) is 3.27. The van der Waals surface area contributed by atoms with Gasteiger partial charge in [0.1, 0.15) is 11.6 Å². The maximum absolute atomic E-state index is 12.6. The molecule has 2 aromatic rings. The largest absolute Gasteiger partial charge is 0.496 e. The molecule has 3 heterocycles. The van der Waals surface area contributed by atoms with Crippen LogP contribution in [0.25, 0.3) is 0 Å². The predicted octanol–water partition coefficient (Wildman–Crippen LogP) is 2.05. The van der Waals surface area contributed by atoms with Crippen molar-refractivity contribution in [1.82, 2.24) is 9.78 Å². The average molecular weight is 436 g/mol. The van der Waals surface area contributed by atoms with Crippen LogP contribution in [0.5, 0.6) is 17.2 Å². The molecular weight excluding hydrogens is 410 g/mol. The molecule has 1 aromatic heterocycles. The Bertz CT molecular complexity index is 1110. The third-order valence-corrected chi connectivity index (χ3v) is 7.54. The van der Waals surface area contributed by atoms with Crippen molar-refractivity contribution in [2.45, 2.75) is 31.7 Å². The van der Waals surface area contributed by atoms with E-state index >= 15 is 0 Å². The number of nitrogens with zero attached hydrogens (tertiary/aromatic N) is 2. The number of carbonyl (C=O) groups is 1. The van der Waals surface area contributed by atoms with Crippen LogP contribution >= 0.6 is 0 Å². The van der Waals surface area contributed by atoms with E-state index in [2.05, 4.69) is 10.4 Å². The minimum atomic E-state index is -3.09. The van der Waals surface area contributed by atoms with Gasteiger partial charge in [0, 0.05) is 29.5 Å². The average Bonchev–Trinajstić information content (AvgIpc) is 3.25. The van der Waals surface area contributed by atoms with Crippen LogP contribution < -0.4 is 19.5 Å². The van der Waals surface area contributed by atoms with Crippen molar-refractivity contribution in [3.63, 3.8) is 0 Å². The molecule has 0 saturated carbocycles. The van der Waals surface area contributed by atoms with E-state index in [-0.39, 0.29) is 35.8 Å². The molecule has 1 aromatic carbocycles. The molecular formula is C20H25N3O6S. The first-order valence-corrected chi connectivity index (χ1v) is 11.5. The second-order valence-corrected chi connectivity index (χ2v) is 9.83. The summed E-state index contributed by atoms with van der Waals surface area (Å²) in [7, 11) is 1.57. The van der Waals surface area contributed by atoms with Crippen LogP contribution in [0.4, 0.5) is 5.82 Å². The van der Waals surface area contributed by atoms with E-state index in [9.17, 15) is 13.2 Å². The van der Waals surface area contributed by atoms with E-state index in [0.717, 1.165) is 16.8 Å². The molecule has 1 N–H and O–H groups in total. The molecule has 4 rings (SSSR count). The maximum Gasteiger partial charge on any atom is 0.226 e. The Morgan fingerprint density at radius 3 is 2.37 bits per heavy atom. The van der Waals surface area contributed by atoms with Crippen LogP contribution in [-0.2, 0) is 14.6 Å². The summed E-state index contributed by atoms with van der Waals surface area (Å²) in [6.07, 6.45) is 0.699. The monoisotopic (exact) mass is 435 g/mol. The van der Waals surface area contributed by atoms with Crippen molar-refractivity contribution in [3.05, 3.63) is 29.0 Å². The van der Waals surface area contributed by atoms with Gasteiger partial charge in [-0.15, -0.1) is 0 Å². The number of fused-ring (bicyclic) bond motifs is 1. The normalized spacial score (nSPS) is 22.3. The molecule has 2 aliphatic rings. The molecule has 2 atom stereocenters. The quantitative estimate of drug-likeness (QED) is 0.766. The van der Waals surface area contributed by atoms with E-state index < -0.39 is 9.84 Å². The zero-order valence-corrected chi connectivity index (χ0v) is 18.2. The molecule has 10 heteroatoms. The van der Waals surface area contributed by atoms with Gasteiger partial charge in [0.25, 0.3) is 0 Å². The molecule has 1 fully saturated rings. The standard InChI is InChI=1S/C20H25N3O6S/c1-11-19-14(13-7-16(28-3)17(29-4)9-15(13)27-2)8-18(24)21-20(19)23(22-11)12-5-6-30(25,26)10-12/h7,9,12,14H,5-6,8,10H2,1-4H3,(H,21,24)/t12-,14+/m0/s1. The lowest BCUT2D eigenvalue weighted by Gasteiger charge is -2.27. The Morgan fingerprint density at radius 2 is 1.77 bits per heavy atom. The molecule has 162 valence electrons. The number of methoxy groups -OCH3 is 3. The Morgan fingerprint density at radius 1 is 1.10 bits per heavy atom. The molecule has 1 saturated heterocycles. The molecule has 0 aliphatic carbocycles. The number of amides is 1. The van der Waals surface area contributed by atoms with Crippen molar-refractivity contribution < 1.29 is 27.4 Å². The highest BCUT2D eigenvalue weighted by Gasteiger charge is 2.38. The van der Waals surface area contributed by atoms with Gasteiger partial charge in [-0.25, -0.2) is 13.1 Å². The van der Waals surface area contributed by atoms with Crippen LogP contribution in [0.2, 0.25) is 0 Å². The Kier molecular flexibility index (Phi) is 5.13. The van der Waals surface area contributed by atoms with E-state index in [1.807, 2.05) is 13.0 Å². The number of sulfone groups is 1.